The molecule has 0 aliphatic heterocycles. The maximum atomic E-state index is 12.2. The molecule has 4 heteroatoms. The van der Waals surface area contributed by atoms with Crippen LogP contribution >= 0.6 is 11.6 Å². The highest BCUT2D eigenvalue weighted by Crippen LogP contribution is 2.40. The monoisotopic (exact) mass is 343 g/mol. The van der Waals surface area contributed by atoms with Gasteiger partial charge in [0.15, 0.2) is 0 Å². The van der Waals surface area contributed by atoms with E-state index >= 15 is 0 Å². The van der Waals surface area contributed by atoms with Crippen LogP contribution < -0.4 is 4.74 Å². The molecule has 24 heavy (non-hydrogen) atoms. The molecular weight excluding hydrogens is 322 g/mol. The zero-order chi connectivity index (χ0) is 17.1. The summed E-state index contributed by atoms with van der Waals surface area (Å²) in [5, 5.41) is 0. The fraction of sp³-hybridized carbons (Fsp3) is 0.350. The molecule has 0 fully saturated rings. The average molecular weight is 344 g/mol. The van der Waals surface area contributed by atoms with E-state index in [0.717, 1.165) is 18.6 Å². The van der Waals surface area contributed by atoms with Gasteiger partial charge < -0.3 is 9.64 Å². The summed E-state index contributed by atoms with van der Waals surface area (Å²) in [4.78, 5) is 14.0. The van der Waals surface area contributed by atoms with E-state index in [9.17, 15) is 4.79 Å². The van der Waals surface area contributed by atoms with E-state index in [2.05, 4.69) is 36.4 Å². The number of halogens is 1. The third kappa shape index (κ3) is 3.13. The molecule has 3 rings (SSSR count). The van der Waals surface area contributed by atoms with Crippen molar-refractivity contribution in [2.75, 3.05) is 20.0 Å². The number of benzene rings is 2. The minimum Gasteiger partial charge on any atom is -0.497 e. The molecule has 0 N–H and O–H groups in total. The number of carbonyl (C=O) groups excluding carboxylic acids is 1. The topological polar surface area (TPSA) is 29.5 Å². The van der Waals surface area contributed by atoms with Crippen molar-refractivity contribution in [1.82, 2.24) is 4.90 Å². The van der Waals surface area contributed by atoms with Gasteiger partial charge in [-0.05, 0) is 41.7 Å². The van der Waals surface area contributed by atoms with Crippen molar-refractivity contribution in [3.05, 3.63) is 65.2 Å². The lowest BCUT2D eigenvalue weighted by Gasteiger charge is -2.39. The highest BCUT2D eigenvalue weighted by Gasteiger charge is 2.34. The number of rotatable bonds is 4. The summed E-state index contributed by atoms with van der Waals surface area (Å²) in [6.45, 7) is 0. The summed E-state index contributed by atoms with van der Waals surface area (Å²) < 4.78 is 5.40. The fourth-order valence-electron chi connectivity index (χ4n) is 3.68. The fourth-order valence-corrected chi connectivity index (χ4v) is 3.86. The van der Waals surface area contributed by atoms with E-state index in [4.69, 9.17) is 16.3 Å². The first-order valence-corrected chi connectivity index (χ1v) is 8.72. The van der Waals surface area contributed by atoms with Crippen molar-refractivity contribution in [1.29, 1.82) is 0 Å². The number of aryl methyl sites for hydroxylation is 1. The van der Waals surface area contributed by atoms with Gasteiger partial charge in [0.1, 0.15) is 11.6 Å². The Hall–Kier alpha value is -2.00. The highest BCUT2D eigenvalue weighted by molar-refractivity contribution is 6.27. The van der Waals surface area contributed by atoms with Gasteiger partial charge >= 0.3 is 0 Å². The standard InChI is InChI=1S/C20H22ClNO2/c1-22(19(23)13-21)18-11-10-14-6-3-4-9-17(14)20(18)15-7-5-8-16(12-15)24-2/h3-9,12,18,20H,10-11,13H2,1-2H3. The third-order valence-corrected chi connectivity index (χ3v) is 5.17. The van der Waals surface area contributed by atoms with Crippen LogP contribution in [0.3, 0.4) is 0 Å². The second-order valence-electron chi connectivity index (χ2n) is 6.20. The SMILES string of the molecule is COc1cccc(C2c3ccccc3CCC2N(C)C(=O)CCl)c1. The average Bonchev–Trinajstić information content (AvgIpc) is 2.65. The van der Waals surface area contributed by atoms with Gasteiger partial charge in [-0.25, -0.2) is 0 Å². The van der Waals surface area contributed by atoms with Gasteiger partial charge in [0.05, 0.1) is 7.11 Å². The lowest BCUT2D eigenvalue weighted by molar-refractivity contribution is -0.129. The molecule has 1 aliphatic carbocycles. The van der Waals surface area contributed by atoms with Crippen LogP contribution in [0.1, 0.15) is 29.0 Å². The van der Waals surface area contributed by atoms with Crippen molar-refractivity contribution >= 4 is 17.5 Å². The number of fused-ring (bicyclic) bond motifs is 1. The maximum Gasteiger partial charge on any atom is 0.237 e. The van der Waals surface area contributed by atoms with Gasteiger partial charge in [0.25, 0.3) is 0 Å². The molecule has 2 unspecified atom stereocenters. The number of ether oxygens (including phenoxy) is 1. The lowest BCUT2D eigenvalue weighted by atomic mass is 9.75. The minimum absolute atomic E-state index is 0.0134. The van der Waals surface area contributed by atoms with Gasteiger partial charge in [0.2, 0.25) is 5.91 Å². The summed E-state index contributed by atoms with van der Waals surface area (Å²) in [7, 11) is 3.53. The molecule has 0 bridgehead atoms. The molecule has 0 spiro atoms. The third-order valence-electron chi connectivity index (χ3n) is 4.94. The number of nitrogens with zero attached hydrogens (tertiary/aromatic N) is 1. The first-order valence-electron chi connectivity index (χ1n) is 8.19. The molecular formula is C20H22ClNO2. The molecule has 1 amide bonds. The number of likely N-dealkylation sites (N-methyl/N-ethyl adjacent to an activating group) is 1. The Morgan fingerprint density at radius 3 is 2.79 bits per heavy atom. The maximum absolute atomic E-state index is 12.2. The molecule has 3 nitrogen and oxygen atoms in total. The van der Waals surface area contributed by atoms with E-state index in [-0.39, 0.29) is 23.7 Å². The lowest BCUT2D eigenvalue weighted by Crippen LogP contribution is -2.44. The van der Waals surface area contributed by atoms with Crippen molar-refractivity contribution in [2.24, 2.45) is 0 Å². The molecule has 126 valence electrons. The molecule has 2 aromatic carbocycles. The van der Waals surface area contributed by atoms with Crippen LogP contribution in [-0.4, -0.2) is 36.9 Å². The molecule has 0 saturated carbocycles. The normalized spacial score (nSPS) is 19.5. The minimum atomic E-state index is -0.0334. The van der Waals surface area contributed by atoms with Gasteiger partial charge in [-0.1, -0.05) is 36.4 Å². The Kier molecular flexibility index (Phi) is 5.10. The van der Waals surface area contributed by atoms with Gasteiger partial charge in [-0.2, -0.15) is 0 Å². The molecule has 0 radical (unpaired) electrons. The summed E-state index contributed by atoms with van der Waals surface area (Å²) in [5.74, 6) is 0.941. The van der Waals surface area contributed by atoms with E-state index in [0.29, 0.717) is 0 Å². The predicted molar refractivity (Wildman–Crippen MR) is 96.9 cm³/mol. The number of hydrogen-bond acceptors (Lipinski definition) is 2. The van der Waals surface area contributed by atoms with E-state index in [1.54, 1.807) is 7.11 Å². The quantitative estimate of drug-likeness (QED) is 0.789. The Bertz CT molecular complexity index is 731. The van der Waals surface area contributed by atoms with Crippen LogP contribution in [0.25, 0.3) is 0 Å². The van der Waals surface area contributed by atoms with Crippen LogP contribution in [0.2, 0.25) is 0 Å². The largest absolute Gasteiger partial charge is 0.497 e. The second kappa shape index (κ2) is 7.27. The van der Waals surface area contributed by atoms with Crippen molar-refractivity contribution in [2.45, 2.75) is 24.8 Å². The Morgan fingerprint density at radius 2 is 2.04 bits per heavy atom. The summed E-state index contributed by atoms with van der Waals surface area (Å²) in [6, 6.07) is 16.7. The molecule has 2 atom stereocenters. The van der Waals surface area contributed by atoms with Crippen molar-refractivity contribution < 1.29 is 9.53 Å². The first kappa shape index (κ1) is 16.8. The number of carbonyl (C=O) groups is 1. The predicted octanol–water partition coefficient (Wildman–Crippen LogP) is 3.84. The van der Waals surface area contributed by atoms with Crippen molar-refractivity contribution in [3.8, 4) is 5.75 Å². The second-order valence-corrected chi connectivity index (χ2v) is 6.46. The van der Waals surface area contributed by atoms with Crippen molar-refractivity contribution in [3.63, 3.8) is 0 Å². The number of hydrogen-bond donors (Lipinski definition) is 0. The van der Waals surface area contributed by atoms with Gasteiger partial charge in [-0.15, -0.1) is 11.6 Å². The summed E-state index contributed by atoms with van der Waals surface area (Å²) in [5.41, 5.74) is 3.81. The van der Waals surface area contributed by atoms with Crippen LogP contribution in [-0.2, 0) is 11.2 Å². The van der Waals surface area contributed by atoms with E-state index < -0.39 is 0 Å². The van der Waals surface area contributed by atoms with Crippen LogP contribution in [0.15, 0.2) is 48.5 Å². The van der Waals surface area contributed by atoms with Crippen LogP contribution in [0, 0.1) is 0 Å². The Morgan fingerprint density at radius 1 is 1.25 bits per heavy atom. The number of alkyl halides is 1. The van der Waals surface area contributed by atoms with Gasteiger partial charge in [0, 0.05) is 19.0 Å². The smallest absolute Gasteiger partial charge is 0.237 e. The highest BCUT2D eigenvalue weighted by atomic mass is 35.5. The molecule has 2 aromatic rings. The van der Waals surface area contributed by atoms with Gasteiger partial charge in [-0.3, -0.25) is 4.79 Å². The number of methoxy groups -OCH3 is 1. The molecule has 0 saturated heterocycles. The zero-order valence-corrected chi connectivity index (χ0v) is 14.8. The summed E-state index contributed by atoms with van der Waals surface area (Å²) >= 11 is 5.80. The van der Waals surface area contributed by atoms with Crippen LogP contribution in [0.5, 0.6) is 5.75 Å². The Balaban J connectivity index is 2.08. The molecule has 1 aliphatic rings. The first-order chi connectivity index (χ1) is 11.7. The molecule has 0 aromatic heterocycles. The van der Waals surface area contributed by atoms with E-state index in [1.165, 1.54) is 16.7 Å². The summed E-state index contributed by atoms with van der Waals surface area (Å²) in [6.07, 6.45) is 1.90. The zero-order valence-electron chi connectivity index (χ0n) is 14.0. The van der Waals surface area contributed by atoms with E-state index in [1.807, 2.05) is 24.1 Å². The Labute approximate surface area is 148 Å². The van der Waals surface area contributed by atoms with Crippen LogP contribution in [0.4, 0.5) is 0 Å². The molecule has 0 heterocycles. The number of amides is 1.